The van der Waals surface area contributed by atoms with Crippen LogP contribution in [-0.2, 0) is 6.18 Å². The summed E-state index contributed by atoms with van der Waals surface area (Å²) in [6.45, 7) is 6.31. The highest BCUT2D eigenvalue weighted by Gasteiger charge is 2.33. The first-order valence-corrected chi connectivity index (χ1v) is 14.0. The van der Waals surface area contributed by atoms with Gasteiger partial charge >= 0.3 is 12.1 Å². The number of rotatable bonds is 6. The Kier molecular flexibility index (Phi) is 8.13. The third kappa shape index (κ3) is 5.85. The fourth-order valence-electron chi connectivity index (χ4n) is 5.70. The van der Waals surface area contributed by atoms with Crippen LogP contribution in [-0.4, -0.2) is 46.1 Å². The molecule has 230 valence electrons. The van der Waals surface area contributed by atoms with Crippen molar-refractivity contribution in [1.82, 2.24) is 9.38 Å². The molecule has 2 atom stereocenters. The molecule has 10 nitrogen and oxygen atoms in total. The zero-order valence-corrected chi connectivity index (χ0v) is 24.6. The average Bonchev–Trinajstić information content (AvgIpc) is 3.00. The van der Waals surface area contributed by atoms with Crippen LogP contribution in [0.1, 0.15) is 58.1 Å². The number of nitriles is 2. The SMILES string of the molecule is Cc1cc(C(C)Nc2ccccc2C(=O)O)c2nc(N3CCN(c4ccc(C(F)(F)F)cc4C#N)C[C@H]3C)c(C#N)c(=O)n2c1. The monoisotopic (exact) mass is 615 g/mol. The lowest BCUT2D eigenvalue weighted by Gasteiger charge is -2.42. The van der Waals surface area contributed by atoms with Crippen LogP contribution in [0.3, 0.4) is 0 Å². The highest BCUT2D eigenvalue weighted by molar-refractivity contribution is 5.94. The van der Waals surface area contributed by atoms with Gasteiger partial charge in [-0.1, -0.05) is 12.1 Å². The number of aryl methyl sites for hydroxylation is 1. The molecule has 1 saturated heterocycles. The van der Waals surface area contributed by atoms with Gasteiger partial charge in [-0.15, -0.1) is 0 Å². The van der Waals surface area contributed by atoms with Gasteiger partial charge in [0.1, 0.15) is 17.8 Å². The second kappa shape index (κ2) is 11.8. The second-order valence-electron chi connectivity index (χ2n) is 10.9. The Morgan fingerprint density at radius 1 is 1.13 bits per heavy atom. The number of aromatic nitrogens is 2. The standard InChI is InChI=1S/C32H28F3N7O3/c1-18-12-24(20(3)38-26-7-5-4-6-23(26)31(44)45)28-39-29(25(15-37)30(43)42(28)16-18)41-11-10-40(17-19(41)2)27-9-8-22(32(33,34)35)13-21(27)14-36/h4-9,12-13,16,19-20,38H,10-11,17H2,1-3H3,(H,44,45)/t19-,20?/m1/s1. The molecule has 0 saturated carbocycles. The minimum Gasteiger partial charge on any atom is -0.478 e. The number of halogens is 3. The van der Waals surface area contributed by atoms with Crippen molar-refractivity contribution in [1.29, 1.82) is 10.5 Å². The van der Waals surface area contributed by atoms with Gasteiger partial charge < -0.3 is 20.2 Å². The number of nitrogens with zero attached hydrogens (tertiary/aromatic N) is 6. The van der Waals surface area contributed by atoms with Crippen molar-refractivity contribution in [2.24, 2.45) is 0 Å². The number of hydrogen-bond acceptors (Lipinski definition) is 8. The van der Waals surface area contributed by atoms with Gasteiger partial charge in [0.05, 0.1) is 28.4 Å². The van der Waals surface area contributed by atoms with Crippen LogP contribution in [0, 0.1) is 29.6 Å². The molecule has 2 aromatic carbocycles. The van der Waals surface area contributed by atoms with E-state index in [9.17, 15) is 38.4 Å². The minimum atomic E-state index is -4.58. The van der Waals surface area contributed by atoms with Gasteiger partial charge in [-0.05, 0) is 62.7 Å². The van der Waals surface area contributed by atoms with E-state index >= 15 is 0 Å². The van der Waals surface area contributed by atoms with Crippen LogP contribution >= 0.6 is 0 Å². The quantitative estimate of drug-likeness (QED) is 0.294. The maximum absolute atomic E-state index is 13.7. The Morgan fingerprint density at radius 2 is 1.87 bits per heavy atom. The van der Waals surface area contributed by atoms with Crippen molar-refractivity contribution in [2.75, 3.05) is 34.8 Å². The van der Waals surface area contributed by atoms with E-state index in [1.807, 2.05) is 37.0 Å². The maximum atomic E-state index is 13.7. The van der Waals surface area contributed by atoms with Crippen molar-refractivity contribution in [3.8, 4) is 12.1 Å². The molecule has 45 heavy (non-hydrogen) atoms. The van der Waals surface area contributed by atoms with Crippen molar-refractivity contribution < 1.29 is 23.1 Å². The van der Waals surface area contributed by atoms with Crippen LogP contribution in [0.2, 0.25) is 0 Å². The van der Waals surface area contributed by atoms with Crippen LogP contribution in [0.5, 0.6) is 0 Å². The van der Waals surface area contributed by atoms with Crippen LogP contribution in [0.15, 0.2) is 59.5 Å². The Morgan fingerprint density at radius 3 is 2.51 bits per heavy atom. The van der Waals surface area contributed by atoms with Gasteiger partial charge in [-0.2, -0.15) is 23.7 Å². The van der Waals surface area contributed by atoms with E-state index in [1.165, 1.54) is 16.5 Å². The molecule has 13 heteroatoms. The first-order valence-electron chi connectivity index (χ1n) is 14.0. The smallest absolute Gasteiger partial charge is 0.416 e. The molecular formula is C32H28F3N7O3. The van der Waals surface area contributed by atoms with Crippen molar-refractivity contribution >= 4 is 28.8 Å². The van der Waals surface area contributed by atoms with E-state index in [2.05, 4.69) is 5.32 Å². The van der Waals surface area contributed by atoms with Gasteiger partial charge in [-0.3, -0.25) is 9.20 Å². The zero-order valence-electron chi connectivity index (χ0n) is 24.6. The highest BCUT2D eigenvalue weighted by Crippen LogP contribution is 2.34. The summed E-state index contributed by atoms with van der Waals surface area (Å²) < 4.78 is 41.0. The number of nitrogens with one attached hydrogen (secondary N) is 1. The summed E-state index contributed by atoms with van der Waals surface area (Å²) in [5.74, 6) is -0.924. The first kappa shape index (κ1) is 30.9. The number of piperazine rings is 1. The molecule has 4 aromatic rings. The predicted molar refractivity (Wildman–Crippen MR) is 162 cm³/mol. The zero-order chi connectivity index (χ0) is 32.6. The lowest BCUT2D eigenvalue weighted by atomic mass is 10.0. The van der Waals surface area contributed by atoms with Crippen LogP contribution in [0.25, 0.3) is 5.65 Å². The van der Waals surface area contributed by atoms with Crippen molar-refractivity contribution in [3.63, 3.8) is 0 Å². The predicted octanol–water partition coefficient (Wildman–Crippen LogP) is 5.35. The van der Waals surface area contributed by atoms with Crippen molar-refractivity contribution in [2.45, 2.75) is 39.0 Å². The molecule has 0 radical (unpaired) electrons. The number of fused-ring (bicyclic) bond motifs is 1. The Bertz CT molecular complexity index is 1960. The average molecular weight is 616 g/mol. The number of para-hydroxylation sites is 1. The highest BCUT2D eigenvalue weighted by atomic mass is 19.4. The fourth-order valence-corrected chi connectivity index (χ4v) is 5.70. The second-order valence-corrected chi connectivity index (χ2v) is 10.9. The largest absolute Gasteiger partial charge is 0.478 e. The minimum absolute atomic E-state index is 0.0817. The molecule has 5 rings (SSSR count). The third-order valence-corrected chi connectivity index (χ3v) is 7.86. The van der Waals surface area contributed by atoms with Crippen LogP contribution < -0.4 is 20.7 Å². The van der Waals surface area contributed by atoms with Gasteiger partial charge in [-0.25, -0.2) is 9.78 Å². The topological polar surface area (TPSA) is 138 Å². The van der Waals surface area contributed by atoms with Crippen LogP contribution in [0.4, 0.5) is 30.4 Å². The summed E-state index contributed by atoms with van der Waals surface area (Å²) >= 11 is 0. The third-order valence-electron chi connectivity index (χ3n) is 7.86. The lowest BCUT2D eigenvalue weighted by molar-refractivity contribution is -0.137. The lowest BCUT2D eigenvalue weighted by Crippen LogP contribution is -2.53. The summed E-state index contributed by atoms with van der Waals surface area (Å²) in [6, 6.07) is 14.4. The van der Waals surface area contributed by atoms with E-state index in [-0.39, 0.29) is 47.3 Å². The first-order chi connectivity index (χ1) is 21.3. The molecule has 3 heterocycles. The van der Waals surface area contributed by atoms with Crippen molar-refractivity contribution in [3.05, 3.63) is 98.5 Å². The van der Waals surface area contributed by atoms with Gasteiger partial charge in [0.25, 0.3) is 5.56 Å². The summed E-state index contributed by atoms with van der Waals surface area (Å²) in [5.41, 5.74) is 0.721. The molecule has 0 aliphatic carbocycles. The molecule has 0 amide bonds. The molecule has 2 N–H and O–H groups in total. The Labute approximate surface area is 256 Å². The molecule has 1 aliphatic rings. The summed E-state index contributed by atoms with van der Waals surface area (Å²) in [5, 5.41) is 32.5. The molecule has 0 spiro atoms. The van der Waals surface area contributed by atoms with E-state index in [0.29, 0.717) is 23.5 Å². The van der Waals surface area contributed by atoms with Gasteiger partial charge in [0, 0.05) is 43.1 Å². The molecular weight excluding hydrogens is 587 g/mol. The molecule has 1 aliphatic heterocycles. The summed E-state index contributed by atoms with van der Waals surface area (Å²) in [4.78, 5) is 33.9. The van der Waals surface area contributed by atoms with E-state index in [4.69, 9.17) is 4.98 Å². The molecule has 2 aromatic heterocycles. The number of benzene rings is 2. The number of carbonyl (C=O) groups is 1. The van der Waals surface area contributed by atoms with E-state index in [1.54, 1.807) is 36.2 Å². The summed E-state index contributed by atoms with van der Waals surface area (Å²) in [6.07, 6.45) is -2.99. The number of pyridine rings is 1. The number of carboxylic acid groups (broad SMARTS) is 1. The van der Waals surface area contributed by atoms with Gasteiger partial charge in [0.2, 0.25) is 0 Å². The van der Waals surface area contributed by atoms with E-state index < -0.39 is 29.3 Å². The Hall–Kier alpha value is -5.56. The summed E-state index contributed by atoms with van der Waals surface area (Å²) in [7, 11) is 0. The number of aromatic carboxylic acids is 1. The normalized spacial score (nSPS) is 15.8. The number of carboxylic acids is 1. The molecule has 1 unspecified atom stereocenters. The molecule has 1 fully saturated rings. The Balaban J connectivity index is 1.53. The fraction of sp³-hybridized carbons (Fsp3) is 0.281. The van der Waals surface area contributed by atoms with Gasteiger partial charge in [0.15, 0.2) is 11.4 Å². The van der Waals surface area contributed by atoms with E-state index in [0.717, 1.165) is 17.7 Å². The number of alkyl halides is 3. The molecule has 0 bridgehead atoms. The maximum Gasteiger partial charge on any atom is 0.416 e. The number of anilines is 3. The number of hydrogen-bond donors (Lipinski definition) is 2.